The van der Waals surface area contributed by atoms with E-state index in [0.29, 0.717) is 29.6 Å². The van der Waals surface area contributed by atoms with Crippen LogP contribution in [-0.2, 0) is 6.73 Å². The molecule has 2 N–H and O–H groups in total. The van der Waals surface area contributed by atoms with Crippen LogP contribution in [0.2, 0.25) is 0 Å². The molecule has 0 saturated carbocycles. The molecule has 1 heterocycles. The number of nitrogens with one attached hydrogen (secondary N) is 1. The van der Waals surface area contributed by atoms with Gasteiger partial charge in [0.1, 0.15) is 30.3 Å². The van der Waals surface area contributed by atoms with Crippen LogP contribution in [0.25, 0.3) is 0 Å². The average Bonchev–Trinajstić information content (AvgIpc) is 3.05. The van der Waals surface area contributed by atoms with Gasteiger partial charge in [-0.05, 0) is 24.3 Å². The van der Waals surface area contributed by atoms with Crippen molar-refractivity contribution in [3.05, 3.63) is 42.2 Å². The SMILES string of the molecule is CC(C)NCC(O)COc1ccc(OCn2cc(C#N)cn2)cc1. The highest BCUT2D eigenvalue weighted by molar-refractivity contribution is 5.31. The lowest BCUT2D eigenvalue weighted by molar-refractivity contribution is 0.104. The van der Waals surface area contributed by atoms with Crippen LogP contribution in [0.3, 0.4) is 0 Å². The number of hydrogen-bond donors (Lipinski definition) is 2. The van der Waals surface area contributed by atoms with Gasteiger partial charge in [0.05, 0.1) is 11.8 Å². The molecule has 1 aromatic heterocycles. The lowest BCUT2D eigenvalue weighted by Crippen LogP contribution is -2.35. The van der Waals surface area contributed by atoms with Crippen molar-refractivity contribution in [1.29, 1.82) is 5.26 Å². The molecular weight excluding hydrogens is 308 g/mol. The van der Waals surface area contributed by atoms with Gasteiger partial charge in [-0.25, -0.2) is 4.68 Å². The molecule has 0 amide bonds. The number of rotatable bonds is 9. The highest BCUT2D eigenvalue weighted by atomic mass is 16.5. The summed E-state index contributed by atoms with van der Waals surface area (Å²) in [4.78, 5) is 0. The Morgan fingerprint density at radius 1 is 1.25 bits per heavy atom. The number of aliphatic hydroxyl groups is 1. The molecule has 0 aliphatic carbocycles. The number of aliphatic hydroxyl groups excluding tert-OH is 1. The summed E-state index contributed by atoms with van der Waals surface area (Å²) in [5.74, 6) is 1.33. The highest BCUT2D eigenvalue weighted by Gasteiger charge is 2.06. The molecule has 0 aliphatic rings. The number of ether oxygens (including phenoxy) is 2. The molecule has 128 valence electrons. The van der Waals surface area contributed by atoms with Gasteiger partial charge in [0, 0.05) is 18.8 Å². The van der Waals surface area contributed by atoms with Crippen LogP contribution in [0.4, 0.5) is 0 Å². The molecule has 24 heavy (non-hydrogen) atoms. The third-order valence-electron chi connectivity index (χ3n) is 3.15. The fourth-order valence-corrected chi connectivity index (χ4v) is 1.89. The quantitative estimate of drug-likeness (QED) is 0.724. The molecule has 0 fully saturated rings. The summed E-state index contributed by atoms with van der Waals surface area (Å²) in [5.41, 5.74) is 0.493. The largest absolute Gasteiger partial charge is 0.491 e. The first kappa shape index (κ1) is 17.8. The van der Waals surface area contributed by atoms with Gasteiger partial charge in [-0.15, -0.1) is 0 Å². The van der Waals surface area contributed by atoms with Crippen LogP contribution < -0.4 is 14.8 Å². The minimum atomic E-state index is -0.558. The summed E-state index contributed by atoms with van der Waals surface area (Å²) in [7, 11) is 0. The van der Waals surface area contributed by atoms with Crippen molar-refractivity contribution < 1.29 is 14.6 Å². The van der Waals surface area contributed by atoms with E-state index in [1.807, 2.05) is 19.9 Å². The molecule has 0 aliphatic heterocycles. The van der Waals surface area contributed by atoms with E-state index in [-0.39, 0.29) is 13.3 Å². The van der Waals surface area contributed by atoms with Crippen molar-refractivity contribution in [2.24, 2.45) is 0 Å². The van der Waals surface area contributed by atoms with E-state index in [0.717, 1.165) is 0 Å². The van der Waals surface area contributed by atoms with E-state index >= 15 is 0 Å². The predicted molar refractivity (Wildman–Crippen MR) is 88.7 cm³/mol. The number of hydrogen-bond acceptors (Lipinski definition) is 6. The monoisotopic (exact) mass is 330 g/mol. The predicted octanol–water partition coefficient (Wildman–Crippen LogP) is 1.53. The summed E-state index contributed by atoms with van der Waals surface area (Å²) in [5, 5.41) is 25.7. The Balaban J connectivity index is 1.75. The molecule has 0 radical (unpaired) electrons. The standard InChI is InChI=1S/C17H22N4O3/c1-13(2)19-9-15(22)11-23-16-3-5-17(6-4-16)24-12-21-10-14(7-18)8-20-21/h3-6,8,10,13,15,19,22H,9,11-12H2,1-2H3. The van der Waals surface area contributed by atoms with Crippen molar-refractivity contribution >= 4 is 0 Å². The third kappa shape index (κ3) is 5.91. The Kier molecular flexibility index (Phi) is 6.61. The normalized spacial score (nSPS) is 12.0. The van der Waals surface area contributed by atoms with Crippen molar-refractivity contribution in [3.8, 4) is 17.6 Å². The molecule has 1 atom stereocenters. The number of aromatic nitrogens is 2. The maximum Gasteiger partial charge on any atom is 0.180 e. The summed E-state index contributed by atoms with van der Waals surface area (Å²) >= 11 is 0. The van der Waals surface area contributed by atoms with Crippen LogP contribution in [0.5, 0.6) is 11.5 Å². The second-order valence-corrected chi connectivity index (χ2v) is 5.65. The minimum absolute atomic E-state index is 0.224. The van der Waals surface area contributed by atoms with Crippen molar-refractivity contribution in [2.75, 3.05) is 13.2 Å². The van der Waals surface area contributed by atoms with Gasteiger partial charge >= 0.3 is 0 Å². The number of nitriles is 1. The van der Waals surface area contributed by atoms with Crippen molar-refractivity contribution in [2.45, 2.75) is 32.7 Å². The first-order chi connectivity index (χ1) is 11.6. The zero-order valence-electron chi connectivity index (χ0n) is 13.8. The maximum absolute atomic E-state index is 9.80. The van der Waals surface area contributed by atoms with Gasteiger partial charge in [-0.2, -0.15) is 10.4 Å². The molecule has 2 aromatic rings. The van der Waals surface area contributed by atoms with E-state index in [2.05, 4.69) is 10.4 Å². The summed E-state index contributed by atoms with van der Waals surface area (Å²) in [6.45, 7) is 4.99. The average molecular weight is 330 g/mol. The first-order valence-electron chi connectivity index (χ1n) is 7.76. The molecule has 7 heteroatoms. The second kappa shape index (κ2) is 8.91. The zero-order chi connectivity index (χ0) is 17.4. The van der Waals surface area contributed by atoms with Crippen LogP contribution >= 0.6 is 0 Å². The molecule has 1 unspecified atom stereocenters. The summed E-state index contributed by atoms with van der Waals surface area (Å²) in [6, 6.07) is 9.46. The fourth-order valence-electron chi connectivity index (χ4n) is 1.89. The minimum Gasteiger partial charge on any atom is -0.491 e. The Hall–Kier alpha value is -2.56. The topological polar surface area (TPSA) is 92.3 Å². The van der Waals surface area contributed by atoms with Gasteiger partial charge < -0.3 is 19.9 Å². The van der Waals surface area contributed by atoms with Gasteiger partial charge in [-0.3, -0.25) is 0 Å². The molecule has 1 aromatic carbocycles. The van der Waals surface area contributed by atoms with E-state index in [4.69, 9.17) is 14.7 Å². The van der Waals surface area contributed by atoms with Gasteiger partial charge in [-0.1, -0.05) is 13.8 Å². The van der Waals surface area contributed by atoms with Gasteiger partial charge in [0.15, 0.2) is 6.73 Å². The Bertz CT molecular complexity index is 661. The number of nitrogens with zero attached hydrogens (tertiary/aromatic N) is 3. The molecular formula is C17H22N4O3. The smallest absolute Gasteiger partial charge is 0.180 e. The van der Waals surface area contributed by atoms with Crippen LogP contribution in [-0.4, -0.2) is 40.2 Å². The van der Waals surface area contributed by atoms with E-state index in [1.54, 1.807) is 35.1 Å². The highest BCUT2D eigenvalue weighted by Crippen LogP contribution is 2.18. The second-order valence-electron chi connectivity index (χ2n) is 5.65. The fraction of sp³-hybridized carbons (Fsp3) is 0.412. The van der Waals surface area contributed by atoms with Gasteiger partial charge in [0.2, 0.25) is 0 Å². The van der Waals surface area contributed by atoms with Crippen LogP contribution in [0.15, 0.2) is 36.7 Å². The molecule has 0 spiro atoms. The Morgan fingerprint density at radius 3 is 2.50 bits per heavy atom. The van der Waals surface area contributed by atoms with Crippen molar-refractivity contribution in [3.63, 3.8) is 0 Å². The van der Waals surface area contributed by atoms with E-state index < -0.39 is 6.10 Å². The van der Waals surface area contributed by atoms with Crippen LogP contribution in [0.1, 0.15) is 19.4 Å². The third-order valence-corrected chi connectivity index (χ3v) is 3.15. The molecule has 7 nitrogen and oxygen atoms in total. The zero-order valence-corrected chi connectivity index (χ0v) is 13.8. The Morgan fingerprint density at radius 2 is 1.92 bits per heavy atom. The van der Waals surface area contributed by atoms with Gasteiger partial charge in [0.25, 0.3) is 0 Å². The van der Waals surface area contributed by atoms with E-state index in [9.17, 15) is 5.11 Å². The lowest BCUT2D eigenvalue weighted by Gasteiger charge is -2.15. The molecule has 0 saturated heterocycles. The Labute approximate surface area is 141 Å². The van der Waals surface area contributed by atoms with E-state index in [1.165, 1.54) is 6.20 Å². The summed E-state index contributed by atoms with van der Waals surface area (Å²) in [6.07, 6.45) is 2.54. The number of benzene rings is 1. The molecule has 2 rings (SSSR count). The maximum atomic E-state index is 9.80. The van der Waals surface area contributed by atoms with Crippen molar-refractivity contribution in [1.82, 2.24) is 15.1 Å². The lowest BCUT2D eigenvalue weighted by atomic mass is 10.3. The first-order valence-corrected chi connectivity index (χ1v) is 7.76. The molecule has 0 bridgehead atoms. The summed E-state index contributed by atoms with van der Waals surface area (Å²) < 4.78 is 12.7. The van der Waals surface area contributed by atoms with Crippen LogP contribution in [0, 0.1) is 11.3 Å².